The molecule has 1 aliphatic heterocycles. The molecule has 0 bridgehead atoms. The van der Waals surface area contributed by atoms with E-state index in [1.807, 2.05) is 6.07 Å². The fraction of sp³-hybridized carbons (Fsp3) is 0.538. The Morgan fingerprint density at radius 2 is 2.24 bits per heavy atom. The summed E-state index contributed by atoms with van der Waals surface area (Å²) in [5, 5.41) is 3.26. The number of hydrogen-bond donors (Lipinski definition) is 1. The molecule has 2 rings (SSSR count). The van der Waals surface area contributed by atoms with Crippen molar-refractivity contribution in [2.24, 2.45) is 5.92 Å². The van der Waals surface area contributed by atoms with E-state index in [-0.39, 0.29) is 5.82 Å². The van der Waals surface area contributed by atoms with Crippen molar-refractivity contribution in [1.82, 2.24) is 10.2 Å². The average Bonchev–Trinajstić information content (AvgIpc) is 2.25. The Bertz CT molecular complexity index is 380. The van der Waals surface area contributed by atoms with Crippen LogP contribution in [0.3, 0.4) is 0 Å². The lowest BCUT2D eigenvalue weighted by atomic mass is 10.0. The highest BCUT2D eigenvalue weighted by Gasteiger charge is 2.18. The Labute approximate surface area is 110 Å². The zero-order chi connectivity index (χ0) is 12.3. The monoisotopic (exact) mass is 300 g/mol. The summed E-state index contributed by atoms with van der Waals surface area (Å²) in [5.41, 5.74) is 0.790. The van der Waals surface area contributed by atoms with Crippen molar-refractivity contribution in [3.8, 4) is 0 Å². The maximum Gasteiger partial charge on any atom is 0.126 e. The standard InChI is InChI=1S/C13H18BrFN2/c1-17(9-10-7-16-8-10)5-4-11-6-12(14)2-3-13(11)15/h2-3,6,10,16H,4-5,7-9H2,1H3. The Balaban J connectivity index is 1.81. The van der Waals surface area contributed by atoms with E-state index in [1.54, 1.807) is 6.07 Å². The number of benzene rings is 1. The van der Waals surface area contributed by atoms with E-state index in [0.29, 0.717) is 0 Å². The summed E-state index contributed by atoms with van der Waals surface area (Å²) in [6, 6.07) is 5.13. The van der Waals surface area contributed by atoms with Crippen LogP contribution in [0.4, 0.5) is 4.39 Å². The Hall–Kier alpha value is -0.450. The van der Waals surface area contributed by atoms with Gasteiger partial charge >= 0.3 is 0 Å². The number of likely N-dealkylation sites (N-methyl/N-ethyl adjacent to an activating group) is 1. The predicted octanol–water partition coefficient (Wildman–Crippen LogP) is 2.28. The summed E-state index contributed by atoms with van der Waals surface area (Å²) in [6.07, 6.45) is 0.766. The SMILES string of the molecule is CN(CCc1cc(Br)ccc1F)CC1CNC1. The van der Waals surface area contributed by atoms with E-state index in [0.717, 1.165) is 48.6 Å². The van der Waals surface area contributed by atoms with E-state index < -0.39 is 0 Å². The highest BCUT2D eigenvalue weighted by Crippen LogP contribution is 2.16. The first-order valence-corrected chi connectivity index (χ1v) is 6.77. The smallest absolute Gasteiger partial charge is 0.126 e. The minimum Gasteiger partial charge on any atom is -0.316 e. The van der Waals surface area contributed by atoms with Crippen molar-refractivity contribution >= 4 is 15.9 Å². The fourth-order valence-electron chi connectivity index (χ4n) is 2.06. The Morgan fingerprint density at radius 3 is 2.88 bits per heavy atom. The quantitative estimate of drug-likeness (QED) is 0.897. The number of nitrogens with one attached hydrogen (secondary N) is 1. The molecule has 0 atom stereocenters. The Kier molecular flexibility index (Phi) is 4.54. The van der Waals surface area contributed by atoms with Crippen molar-refractivity contribution < 1.29 is 4.39 Å². The van der Waals surface area contributed by atoms with Crippen LogP contribution in [0, 0.1) is 11.7 Å². The molecule has 0 aliphatic carbocycles. The summed E-state index contributed by atoms with van der Waals surface area (Å²) in [7, 11) is 2.11. The largest absolute Gasteiger partial charge is 0.316 e. The number of nitrogens with zero attached hydrogens (tertiary/aromatic N) is 1. The van der Waals surface area contributed by atoms with Crippen molar-refractivity contribution in [1.29, 1.82) is 0 Å². The fourth-order valence-corrected chi connectivity index (χ4v) is 2.46. The molecule has 2 nitrogen and oxygen atoms in total. The van der Waals surface area contributed by atoms with Crippen LogP contribution in [0.5, 0.6) is 0 Å². The molecular formula is C13H18BrFN2. The second kappa shape index (κ2) is 5.94. The molecule has 4 heteroatoms. The van der Waals surface area contributed by atoms with Gasteiger partial charge in [-0.1, -0.05) is 15.9 Å². The lowest BCUT2D eigenvalue weighted by molar-refractivity contribution is 0.225. The molecule has 17 heavy (non-hydrogen) atoms. The van der Waals surface area contributed by atoms with Gasteiger partial charge in [-0.3, -0.25) is 0 Å². The highest BCUT2D eigenvalue weighted by atomic mass is 79.9. The van der Waals surface area contributed by atoms with Gasteiger partial charge in [-0.05, 0) is 43.1 Å². The van der Waals surface area contributed by atoms with Crippen molar-refractivity contribution in [3.63, 3.8) is 0 Å². The normalized spacial score (nSPS) is 16.2. The number of hydrogen-bond acceptors (Lipinski definition) is 2. The molecule has 0 aromatic heterocycles. The third kappa shape index (κ3) is 3.76. The first-order chi connectivity index (χ1) is 8.15. The minimum absolute atomic E-state index is 0.105. The van der Waals surface area contributed by atoms with Crippen molar-refractivity contribution in [3.05, 3.63) is 34.1 Å². The number of rotatable bonds is 5. The minimum atomic E-state index is -0.105. The van der Waals surface area contributed by atoms with E-state index in [1.165, 1.54) is 6.07 Å². The summed E-state index contributed by atoms with van der Waals surface area (Å²) in [5.74, 6) is 0.666. The van der Waals surface area contributed by atoms with Crippen LogP contribution in [0.1, 0.15) is 5.56 Å². The van der Waals surface area contributed by atoms with Gasteiger partial charge < -0.3 is 10.2 Å². The zero-order valence-electron chi connectivity index (χ0n) is 10.0. The predicted molar refractivity (Wildman–Crippen MR) is 71.7 cm³/mol. The van der Waals surface area contributed by atoms with E-state index in [2.05, 4.69) is 33.2 Å². The summed E-state index contributed by atoms with van der Waals surface area (Å²) in [4.78, 5) is 2.28. The van der Waals surface area contributed by atoms with Crippen molar-refractivity contribution in [2.45, 2.75) is 6.42 Å². The van der Waals surface area contributed by atoms with Gasteiger partial charge in [0, 0.05) is 30.7 Å². The van der Waals surface area contributed by atoms with Crippen LogP contribution in [0.2, 0.25) is 0 Å². The first-order valence-electron chi connectivity index (χ1n) is 5.98. The Morgan fingerprint density at radius 1 is 1.47 bits per heavy atom. The first kappa shape index (κ1) is 13.0. The van der Waals surface area contributed by atoms with E-state index in [9.17, 15) is 4.39 Å². The molecule has 1 aromatic rings. The molecule has 1 aliphatic rings. The molecule has 0 radical (unpaired) electrons. The molecule has 0 spiro atoms. The number of halogens is 2. The van der Waals surface area contributed by atoms with Crippen molar-refractivity contribution in [2.75, 3.05) is 33.2 Å². The van der Waals surface area contributed by atoms with Crippen LogP contribution < -0.4 is 5.32 Å². The summed E-state index contributed by atoms with van der Waals surface area (Å²) < 4.78 is 14.5. The molecule has 1 saturated heterocycles. The van der Waals surface area contributed by atoms with Gasteiger partial charge in [0.25, 0.3) is 0 Å². The lowest BCUT2D eigenvalue weighted by Crippen LogP contribution is -2.47. The molecular weight excluding hydrogens is 283 g/mol. The van der Waals surface area contributed by atoms with E-state index in [4.69, 9.17) is 0 Å². The molecule has 94 valence electrons. The van der Waals surface area contributed by atoms with Gasteiger partial charge in [0.15, 0.2) is 0 Å². The molecule has 1 N–H and O–H groups in total. The maximum atomic E-state index is 13.5. The molecule has 1 aromatic carbocycles. The van der Waals surface area contributed by atoms with Gasteiger partial charge in [-0.25, -0.2) is 4.39 Å². The van der Waals surface area contributed by atoms with Gasteiger partial charge in [0.1, 0.15) is 5.82 Å². The average molecular weight is 301 g/mol. The van der Waals surface area contributed by atoms with Gasteiger partial charge in [0.2, 0.25) is 0 Å². The molecule has 0 amide bonds. The summed E-state index contributed by atoms with van der Waals surface area (Å²) >= 11 is 3.38. The van der Waals surface area contributed by atoms with Crippen LogP contribution in [0.25, 0.3) is 0 Å². The van der Waals surface area contributed by atoms with Gasteiger partial charge in [-0.15, -0.1) is 0 Å². The molecule has 1 heterocycles. The molecule has 1 fully saturated rings. The maximum absolute atomic E-state index is 13.5. The van der Waals surface area contributed by atoms with Crippen LogP contribution >= 0.6 is 15.9 Å². The second-order valence-electron chi connectivity index (χ2n) is 4.77. The lowest BCUT2D eigenvalue weighted by Gasteiger charge is -2.31. The highest BCUT2D eigenvalue weighted by molar-refractivity contribution is 9.10. The molecule has 0 unspecified atom stereocenters. The van der Waals surface area contributed by atoms with Crippen LogP contribution in [-0.2, 0) is 6.42 Å². The topological polar surface area (TPSA) is 15.3 Å². The van der Waals surface area contributed by atoms with E-state index >= 15 is 0 Å². The van der Waals surface area contributed by atoms with Crippen LogP contribution in [-0.4, -0.2) is 38.1 Å². The summed E-state index contributed by atoms with van der Waals surface area (Å²) in [6.45, 7) is 4.25. The van der Waals surface area contributed by atoms with Gasteiger partial charge in [-0.2, -0.15) is 0 Å². The third-order valence-electron chi connectivity index (χ3n) is 3.21. The third-order valence-corrected chi connectivity index (χ3v) is 3.70. The van der Waals surface area contributed by atoms with Gasteiger partial charge in [0.05, 0.1) is 0 Å². The molecule has 0 saturated carbocycles. The zero-order valence-corrected chi connectivity index (χ0v) is 11.6. The van der Waals surface area contributed by atoms with Crippen LogP contribution in [0.15, 0.2) is 22.7 Å². The second-order valence-corrected chi connectivity index (χ2v) is 5.69.